The van der Waals surface area contributed by atoms with E-state index in [9.17, 15) is 27.2 Å². The number of hydrogen-bond donors (Lipinski definition) is 2. The summed E-state index contributed by atoms with van der Waals surface area (Å²) in [4.78, 5) is 28.0. The summed E-state index contributed by atoms with van der Waals surface area (Å²) in [6.45, 7) is 0.243. The largest absolute Gasteiger partial charge is 0.481 e. The molecule has 0 fully saturated rings. The monoisotopic (exact) mass is 415 g/mol. The van der Waals surface area contributed by atoms with Gasteiger partial charge in [-0.15, -0.1) is 0 Å². The molecule has 0 bridgehead atoms. The van der Waals surface area contributed by atoms with E-state index in [-0.39, 0.29) is 30.3 Å². The van der Waals surface area contributed by atoms with Crippen molar-refractivity contribution in [3.8, 4) is 5.88 Å². The number of hydrogen-bond acceptors (Lipinski definition) is 5. The van der Waals surface area contributed by atoms with Crippen LogP contribution in [0.3, 0.4) is 0 Å². The van der Waals surface area contributed by atoms with E-state index in [1.165, 1.54) is 14.2 Å². The summed E-state index contributed by atoms with van der Waals surface area (Å²) in [5.74, 6) is -2.87. The number of rotatable bonds is 7. The number of carbonyl (C=O) groups excluding carboxylic acids is 2. The fraction of sp³-hybridized carbons (Fsp3) is 0.278. The van der Waals surface area contributed by atoms with Gasteiger partial charge in [0.25, 0.3) is 11.8 Å². The van der Waals surface area contributed by atoms with Crippen LogP contribution in [0.5, 0.6) is 5.88 Å². The first-order chi connectivity index (χ1) is 13.7. The Bertz CT molecular complexity index is 903. The number of carbonyl (C=O) groups is 2. The fourth-order valence-electron chi connectivity index (χ4n) is 2.27. The highest BCUT2D eigenvalue weighted by atomic mass is 19.4. The van der Waals surface area contributed by atoms with Crippen LogP contribution in [-0.4, -0.2) is 44.2 Å². The van der Waals surface area contributed by atoms with E-state index in [1.807, 2.05) is 0 Å². The van der Waals surface area contributed by atoms with Crippen molar-refractivity contribution < 1.29 is 36.6 Å². The van der Waals surface area contributed by atoms with Crippen molar-refractivity contribution in [1.82, 2.24) is 10.3 Å². The number of aromatic nitrogens is 1. The molecule has 7 nitrogen and oxygen atoms in total. The molecule has 1 heterocycles. The molecule has 0 aliphatic heterocycles. The second kappa shape index (κ2) is 9.32. The van der Waals surface area contributed by atoms with Gasteiger partial charge in [0.05, 0.1) is 31.0 Å². The highest BCUT2D eigenvalue weighted by Gasteiger charge is 2.32. The first kappa shape index (κ1) is 22.1. The Kier molecular flexibility index (Phi) is 7.10. The molecule has 0 atom stereocenters. The van der Waals surface area contributed by atoms with E-state index in [4.69, 9.17) is 9.47 Å². The van der Waals surface area contributed by atoms with E-state index in [2.05, 4.69) is 15.6 Å². The molecule has 0 radical (unpaired) electrons. The van der Waals surface area contributed by atoms with Crippen molar-refractivity contribution in [2.24, 2.45) is 0 Å². The predicted octanol–water partition coefficient (Wildman–Crippen LogP) is 2.88. The Hall–Kier alpha value is -3.21. The number of pyridine rings is 1. The minimum Gasteiger partial charge on any atom is -0.481 e. The quantitative estimate of drug-likeness (QED) is 0.536. The molecule has 0 spiro atoms. The molecular weight excluding hydrogens is 398 g/mol. The van der Waals surface area contributed by atoms with Crippen molar-refractivity contribution in [3.05, 3.63) is 53.0 Å². The van der Waals surface area contributed by atoms with Crippen molar-refractivity contribution in [2.75, 3.05) is 32.7 Å². The summed E-state index contributed by atoms with van der Waals surface area (Å²) >= 11 is 0. The van der Waals surface area contributed by atoms with Crippen LogP contribution < -0.4 is 15.4 Å². The van der Waals surface area contributed by atoms with E-state index in [0.717, 1.165) is 18.3 Å². The molecule has 11 heteroatoms. The molecule has 2 N–H and O–H groups in total. The maximum Gasteiger partial charge on any atom is 0.416 e. The van der Waals surface area contributed by atoms with Crippen LogP contribution in [0.4, 0.5) is 23.2 Å². The third kappa shape index (κ3) is 5.88. The standard InChI is InChI=1S/C18H17F4N3O4/c1-28-4-3-23-16(26)10-5-11(18(20,21)22)7-12(6-10)25-17(27)13-8-15(29-2)24-9-14(13)19/h5-9H,3-4H2,1-2H3,(H,23,26)(H,25,27). The summed E-state index contributed by atoms with van der Waals surface area (Å²) in [7, 11) is 2.65. The normalized spacial score (nSPS) is 11.1. The number of benzene rings is 1. The van der Waals surface area contributed by atoms with Crippen LogP contribution in [0.1, 0.15) is 26.3 Å². The zero-order chi connectivity index (χ0) is 21.6. The van der Waals surface area contributed by atoms with Gasteiger partial charge in [0.15, 0.2) is 5.82 Å². The lowest BCUT2D eigenvalue weighted by molar-refractivity contribution is -0.137. The molecule has 29 heavy (non-hydrogen) atoms. The molecular formula is C18H17F4N3O4. The van der Waals surface area contributed by atoms with Gasteiger partial charge in [0.2, 0.25) is 5.88 Å². The van der Waals surface area contributed by atoms with Crippen molar-refractivity contribution in [2.45, 2.75) is 6.18 Å². The van der Waals surface area contributed by atoms with Crippen LogP contribution in [0.25, 0.3) is 0 Å². The number of methoxy groups -OCH3 is 2. The van der Waals surface area contributed by atoms with E-state index >= 15 is 0 Å². The number of nitrogens with zero attached hydrogens (tertiary/aromatic N) is 1. The molecule has 1 aromatic carbocycles. The maximum atomic E-state index is 13.9. The maximum absolute atomic E-state index is 13.9. The van der Waals surface area contributed by atoms with E-state index in [0.29, 0.717) is 12.1 Å². The average molecular weight is 415 g/mol. The lowest BCUT2D eigenvalue weighted by atomic mass is 10.1. The molecule has 0 saturated carbocycles. The third-order valence-corrected chi connectivity index (χ3v) is 3.66. The van der Waals surface area contributed by atoms with Gasteiger partial charge in [0, 0.05) is 31.0 Å². The van der Waals surface area contributed by atoms with Gasteiger partial charge in [-0.3, -0.25) is 9.59 Å². The summed E-state index contributed by atoms with van der Waals surface area (Å²) in [6, 6.07) is 3.33. The van der Waals surface area contributed by atoms with Gasteiger partial charge in [-0.1, -0.05) is 0 Å². The van der Waals surface area contributed by atoms with Crippen molar-refractivity contribution >= 4 is 17.5 Å². The molecule has 2 amide bonds. The highest BCUT2D eigenvalue weighted by Crippen LogP contribution is 2.32. The van der Waals surface area contributed by atoms with Crippen LogP contribution >= 0.6 is 0 Å². The zero-order valence-electron chi connectivity index (χ0n) is 15.4. The Labute approximate surface area is 163 Å². The average Bonchev–Trinajstić information content (AvgIpc) is 2.67. The second-order valence-electron chi connectivity index (χ2n) is 5.71. The van der Waals surface area contributed by atoms with Gasteiger partial charge in [0.1, 0.15) is 0 Å². The van der Waals surface area contributed by atoms with Gasteiger partial charge in [-0.2, -0.15) is 13.2 Å². The number of alkyl halides is 3. The number of amides is 2. The predicted molar refractivity (Wildman–Crippen MR) is 94.4 cm³/mol. The molecule has 0 aliphatic rings. The Morgan fingerprint density at radius 1 is 1.10 bits per heavy atom. The summed E-state index contributed by atoms with van der Waals surface area (Å²) in [5.41, 5.74) is -2.31. The zero-order valence-corrected chi connectivity index (χ0v) is 15.4. The molecule has 2 rings (SSSR count). The van der Waals surface area contributed by atoms with E-state index < -0.39 is 34.9 Å². The number of halogens is 4. The third-order valence-electron chi connectivity index (χ3n) is 3.66. The Morgan fingerprint density at radius 3 is 2.45 bits per heavy atom. The highest BCUT2D eigenvalue weighted by molar-refractivity contribution is 6.05. The number of nitrogens with one attached hydrogen (secondary N) is 2. The first-order valence-corrected chi connectivity index (χ1v) is 8.16. The molecule has 0 unspecified atom stereocenters. The lowest BCUT2D eigenvalue weighted by Crippen LogP contribution is -2.27. The number of anilines is 1. The minimum atomic E-state index is -4.77. The van der Waals surface area contributed by atoms with Crippen LogP contribution in [0, 0.1) is 5.82 Å². The van der Waals surface area contributed by atoms with Crippen LogP contribution in [0.15, 0.2) is 30.5 Å². The SMILES string of the molecule is COCCNC(=O)c1cc(NC(=O)c2cc(OC)ncc2F)cc(C(F)(F)F)c1. The van der Waals surface area contributed by atoms with Gasteiger partial charge < -0.3 is 20.1 Å². The topological polar surface area (TPSA) is 89.6 Å². The summed E-state index contributed by atoms with van der Waals surface area (Å²) in [6.07, 6.45) is -4.03. The van der Waals surface area contributed by atoms with Crippen molar-refractivity contribution in [3.63, 3.8) is 0 Å². The second-order valence-corrected chi connectivity index (χ2v) is 5.71. The molecule has 0 saturated heterocycles. The number of ether oxygens (including phenoxy) is 2. The minimum absolute atomic E-state index is 0.0567. The van der Waals surface area contributed by atoms with Crippen LogP contribution in [-0.2, 0) is 10.9 Å². The smallest absolute Gasteiger partial charge is 0.416 e. The van der Waals surface area contributed by atoms with Gasteiger partial charge in [-0.25, -0.2) is 9.37 Å². The summed E-state index contributed by atoms with van der Waals surface area (Å²) in [5, 5.41) is 4.54. The fourth-order valence-corrected chi connectivity index (χ4v) is 2.27. The Morgan fingerprint density at radius 2 is 1.83 bits per heavy atom. The van der Waals surface area contributed by atoms with Gasteiger partial charge in [-0.05, 0) is 18.2 Å². The lowest BCUT2D eigenvalue weighted by Gasteiger charge is -2.13. The van der Waals surface area contributed by atoms with Crippen LogP contribution in [0.2, 0.25) is 0 Å². The molecule has 1 aromatic heterocycles. The van der Waals surface area contributed by atoms with Gasteiger partial charge >= 0.3 is 6.18 Å². The van der Waals surface area contributed by atoms with E-state index in [1.54, 1.807) is 0 Å². The first-order valence-electron chi connectivity index (χ1n) is 8.16. The van der Waals surface area contributed by atoms with Crippen molar-refractivity contribution in [1.29, 1.82) is 0 Å². The molecule has 0 aliphatic carbocycles. The molecule has 2 aromatic rings. The molecule has 156 valence electrons. The Balaban J connectivity index is 2.35. The summed E-state index contributed by atoms with van der Waals surface area (Å²) < 4.78 is 63.0.